The number of hydrogen-bond acceptors (Lipinski definition) is 4. The lowest BCUT2D eigenvalue weighted by atomic mass is 10.0. The highest BCUT2D eigenvalue weighted by Crippen LogP contribution is 2.15. The van der Waals surface area contributed by atoms with E-state index in [0.717, 1.165) is 18.8 Å². The van der Waals surface area contributed by atoms with Gasteiger partial charge in [-0.2, -0.15) is 0 Å². The normalized spacial score (nSPS) is 17.0. The van der Waals surface area contributed by atoms with E-state index in [9.17, 15) is 9.59 Å². The molecule has 0 aromatic heterocycles. The quantitative estimate of drug-likeness (QED) is 0.738. The van der Waals surface area contributed by atoms with Crippen LogP contribution >= 0.6 is 0 Å². The van der Waals surface area contributed by atoms with Gasteiger partial charge in [-0.3, -0.25) is 14.5 Å². The second-order valence-corrected chi connectivity index (χ2v) is 7.07. The van der Waals surface area contributed by atoms with Crippen LogP contribution in [0.25, 0.3) is 0 Å². The zero-order chi connectivity index (χ0) is 18.2. The molecule has 0 radical (unpaired) electrons. The van der Waals surface area contributed by atoms with Gasteiger partial charge in [0.25, 0.3) is 0 Å². The second-order valence-electron chi connectivity index (χ2n) is 7.07. The Morgan fingerprint density at radius 3 is 2.04 bits per heavy atom. The molecule has 1 fully saturated rings. The number of anilines is 2. The molecule has 138 valence electrons. The fraction of sp³-hybridized carbons (Fsp3) is 0.579. The van der Waals surface area contributed by atoms with Crippen LogP contribution in [0.1, 0.15) is 39.5 Å². The molecule has 0 saturated carbocycles. The molecule has 2 rings (SSSR count). The van der Waals surface area contributed by atoms with Gasteiger partial charge in [-0.15, -0.1) is 0 Å². The van der Waals surface area contributed by atoms with Crippen molar-refractivity contribution in [1.82, 2.24) is 4.90 Å². The van der Waals surface area contributed by atoms with Crippen molar-refractivity contribution in [3.63, 3.8) is 0 Å². The van der Waals surface area contributed by atoms with Crippen LogP contribution in [0, 0.1) is 5.92 Å². The second kappa shape index (κ2) is 9.53. The lowest BCUT2D eigenvalue weighted by Crippen LogP contribution is -2.39. The Kier molecular flexibility index (Phi) is 7.40. The molecule has 1 saturated heterocycles. The third-order valence-electron chi connectivity index (χ3n) is 4.52. The number of carbonyl (C=O) groups excluding carboxylic acids is 2. The van der Waals surface area contributed by atoms with Crippen molar-refractivity contribution in [3.05, 3.63) is 24.3 Å². The zero-order valence-electron chi connectivity index (χ0n) is 15.3. The third kappa shape index (κ3) is 6.48. The van der Waals surface area contributed by atoms with Crippen molar-refractivity contribution in [2.45, 2.75) is 45.6 Å². The van der Waals surface area contributed by atoms with Gasteiger partial charge >= 0.3 is 0 Å². The van der Waals surface area contributed by atoms with Crippen LogP contribution in [0.15, 0.2) is 24.3 Å². The number of hydrogen-bond donors (Lipinski definition) is 3. The van der Waals surface area contributed by atoms with Crippen molar-refractivity contribution in [3.8, 4) is 0 Å². The van der Waals surface area contributed by atoms with E-state index in [1.54, 1.807) is 24.3 Å². The number of nitrogens with two attached hydrogens (primary N) is 1. The Morgan fingerprint density at radius 2 is 1.52 bits per heavy atom. The van der Waals surface area contributed by atoms with Gasteiger partial charge in [-0.05, 0) is 56.1 Å². The molecule has 0 bridgehead atoms. The minimum absolute atomic E-state index is 0.000477. The molecule has 2 amide bonds. The standard InChI is InChI=1S/C19H30N4O2/c1-14(2)18(20)19(25)22-16-9-7-15(8-10-16)21-17(24)13-23-11-5-3-4-6-12-23/h7-10,14,18H,3-6,11-13,20H2,1-2H3,(H,21,24)(H,22,25)/t18-/m0/s1. The average Bonchev–Trinajstić information content (AvgIpc) is 2.84. The van der Waals surface area contributed by atoms with Crippen LogP contribution in [0.4, 0.5) is 11.4 Å². The van der Waals surface area contributed by atoms with E-state index in [1.807, 2.05) is 13.8 Å². The summed E-state index contributed by atoms with van der Waals surface area (Å²) in [7, 11) is 0. The fourth-order valence-corrected chi connectivity index (χ4v) is 2.86. The minimum atomic E-state index is -0.534. The molecular weight excluding hydrogens is 316 g/mol. The molecule has 1 aromatic carbocycles. The molecule has 0 unspecified atom stereocenters. The highest BCUT2D eigenvalue weighted by molar-refractivity contribution is 5.95. The van der Waals surface area contributed by atoms with E-state index >= 15 is 0 Å². The van der Waals surface area contributed by atoms with Crippen LogP contribution < -0.4 is 16.4 Å². The first-order valence-corrected chi connectivity index (χ1v) is 9.14. The van der Waals surface area contributed by atoms with Crippen molar-refractivity contribution in [1.29, 1.82) is 0 Å². The molecule has 1 aliphatic heterocycles. The molecular formula is C19H30N4O2. The summed E-state index contributed by atoms with van der Waals surface area (Å²) in [5.74, 6) is -0.119. The maximum Gasteiger partial charge on any atom is 0.241 e. The molecule has 4 N–H and O–H groups in total. The van der Waals surface area contributed by atoms with Crippen LogP contribution in [0.5, 0.6) is 0 Å². The first-order valence-electron chi connectivity index (χ1n) is 9.14. The lowest BCUT2D eigenvalue weighted by molar-refractivity contribution is -0.118. The smallest absolute Gasteiger partial charge is 0.241 e. The van der Waals surface area contributed by atoms with Crippen molar-refractivity contribution >= 4 is 23.2 Å². The molecule has 25 heavy (non-hydrogen) atoms. The van der Waals surface area contributed by atoms with Gasteiger partial charge in [0.1, 0.15) is 0 Å². The zero-order valence-corrected chi connectivity index (χ0v) is 15.3. The third-order valence-corrected chi connectivity index (χ3v) is 4.52. The summed E-state index contributed by atoms with van der Waals surface area (Å²) < 4.78 is 0. The number of likely N-dealkylation sites (tertiary alicyclic amines) is 1. The molecule has 0 spiro atoms. The first-order chi connectivity index (χ1) is 12.0. The maximum absolute atomic E-state index is 12.2. The summed E-state index contributed by atoms with van der Waals surface area (Å²) in [6.45, 7) is 6.24. The van der Waals surface area contributed by atoms with Gasteiger partial charge in [-0.25, -0.2) is 0 Å². The monoisotopic (exact) mass is 346 g/mol. The number of amides is 2. The Bertz CT molecular complexity index is 563. The van der Waals surface area contributed by atoms with E-state index < -0.39 is 6.04 Å². The Morgan fingerprint density at radius 1 is 1.00 bits per heavy atom. The summed E-state index contributed by atoms with van der Waals surface area (Å²) in [5, 5.41) is 5.70. The van der Waals surface area contributed by atoms with E-state index in [-0.39, 0.29) is 17.7 Å². The van der Waals surface area contributed by atoms with Gasteiger partial charge < -0.3 is 16.4 Å². The van der Waals surface area contributed by atoms with Crippen molar-refractivity contribution in [2.75, 3.05) is 30.3 Å². The molecule has 0 aliphatic carbocycles. The fourth-order valence-electron chi connectivity index (χ4n) is 2.86. The van der Waals surface area contributed by atoms with Crippen molar-refractivity contribution in [2.24, 2.45) is 11.7 Å². The number of nitrogens with zero attached hydrogens (tertiary/aromatic N) is 1. The first kappa shape index (κ1) is 19.4. The number of nitrogens with one attached hydrogen (secondary N) is 2. The molecule has 1 aromatic rings. The summed E-state index contributed by atoms with van der Waals surface area (Å²) in [4.78, 5) is 26.3. The molecule has 1 atom stereocenters. The van der Waals surface area contributed by atoms with Crippen LogP contribution in [0.2, 0.25) is 0 Å². The number of benzene rings is 1. The molecule has 1 heterocycles. The van der Waals surface area contributed by atoms with Crippen molar-refractivity contribution < 1.29 is 9.59 Å². The average molecular weight is 346 g/mol. The predicted molar refractivity (Wildman–Crippen MR) is 101 cm³/mol. The van der Waals surface area contributed by atoms with Gasteiger partial charge in [0.05, 0.1) is 12.6 Å². The summed E-state index contributed by atoms with van der Waals surface area (Å²) in [6.07, 6.45) is 4.85. The van der Waals surface area contributed by atoms with E-state index in [4.69, 9.17) is 5.73 Å². The number of rotatable bonds is 6. The Hall–Kier alpha value is -1.92. The van der Waals surface area contributed by atoms with E-state index in [0.29, 0.717) is 12.2 Å². The van der Waals surface area contributed by atoms with E-state index in [1.165, 1.54) is 25.7 Å². The SMILES string of the molecule is CC(C)[C@H](N)C(=O)Nc1ccc(NC(=O)CN2CCCCCC2)cc1. The molecule has 1 aliphatic rings. The molecule has 6 nitrogen and oxygen atoms in total. The Balaban J connectivity index is 1.83. The largest absolute Gasteiger partial charge is 0.325 e. The Labute approximate surface area is 150 Å². The lowest BCUT2D eigenvalue weighted by Gasteiger charge is -2.19. The summed E-state index contributed by atoms with van der Waals surface area (Å²) in [5.41, 5.74) is 7.23. The highest BCUT2D eigenvalue weighted by atomic mass is 16.2. The minimum Gasteiger partial charge on any atom is -0.325 e. The van der Waals surface area contributed by atoms with Gasteiger partial charge in [-0.1, -0.05) is 26.7 Å². The summed E-state index contributed by atoms with van der Waals surface area (Å²) >= 11 is 0. The van der Waals surface area contributed by atoms with Gasteiger partial charge in [0.2, 0.25) is 11.8 Å². The van der Waals surface area contributed by atoms with Crippen LogP contribution in [0.3, 0.4) is 0 Å². The number of carbonyl (C=O) groups is 2. The van der Waals surface area contributed by atoms with Gasteiger partial charge in [0.15, 0.2) is 0 Å². The predicted octanol–water partition coefficient (Wildman–Crippen LogP) is 2.42. The highest BCUT2D eigenvalue weighted by Gasteiger charge is 2.17. The van der Waals surface area contributed by atoms with Crippen LogP contribution in [-0.4, -0.2) is 42.4 Å². The topological polar surface area (TPSA) is 87.5 Å². The molecule has 6 heteroatoms. The van der Waals surface area contributed by atoms with Crippen LogP contribution in [-0.2, 0) is 9.59 Å². The van der Waals surface area contributed by atoms with E-state index in [2.05, 4.69) is 15.5 Å². The summed E-state index contributed by atoms with van der Waals surface area (Å²) in [6, 6.07) is 6.58. The van der Waals surface area contributed by atoms with Gasteiger partial charge in [0, 0.05) is 11.4 Å². The maximum atomic E-state index is 12.2.